The minimum absolute atomic E-state index is 0.357. The van der Waals surface area contributed by atoms with Crippen LogP contribution in [0.15, 0.2) is 18.2 Å². The zero-order valence-corrected chi connectivity index (χ0v) is 13.1. The fraction of sp³-hybridized carbons (Fsp3) is 0.625. The number of halogens is 1. The number of hydrogen-bond donors (Lipinski definition) is 1. The van der Waals surface area contributed by atoms with Gasteiger partial charge in [-0.2, -0.15) is 0 Å². The summed E-state index contributed by atoms with van der Waals surface area (Å²) >= 11 is 6.20. The highest BCUT2D eigenvalue weighted by atomic mass is 35.5. The first-order valence-electron chi connectivity index (χ1n) is 7.22. The van der Waals surface area contributed by atoms with E-state index in [1.165, 1.54) is 18.4 Å². The molecule has 0 saturated heterocycles. The fourth-order valence-corrected chi connectivity index (χ4v) is 2.77. The normalized spacial score (nSPS) is 17.8. The van der Waals surface area contributed by atoms with Gasteiger partial charge in [0, 0.05) is 26.1 Å². The van der Waals surface area contributed by atoms with Crippen molar-refractivity contribution in [2.24, 2.45) is 11.1 Å². The van der Waals surface area contributed by atoms with E-state index >= 15 is 0 Å². The second-order valence-electron chi connectivity index (χ2n) is 5.83. The second kappa shape index (κ2) is 6.79. The van der Waals surface area contributed by atoms with E-state index in [2.05, 4.69) is 19.1 Å². The Labute approximate surface area is 126 Å². The number of ether oxygens (including phenoxy) is 2. The third-order valence-electron chi connectivity index (χ3n) is 4.22. The Morgan fingerprint density at radius 2 is 2.10 bits per heavy atom. The first kappa shape index (κ1) is 15.6. The van der Waals surface area contributed by atoms with E-state index in [1.807, 2.05) is 6.07 Å². The van der Waals surface area contributed by atoms with E-state index in [-0.39, 0.29) is 0 Å². The van der Waals surface area contributed by atoms with Gasteiger partial charge in [-0.25, -0.2) is 0 Å². The SMILES string of the molecule is COCCCOc1cc(C(CN)C2(C)CC2)ccc1Cl. The Morgan fingerprint density at radius 1 is 1.35 bits per heavy atom. The number of benzene rings is 1. The molecule has 20 heavy (non-hydrogen) atoms. The van der Waals surface area contributed by atoms with Gasteiger partial charge in [0.25, 0.3) is 0 Å². The molecule has 1 aromatic carbocycles. The van der Waals surface area contributed by atoms with E-state index in [0.29, 0.717) is 36.1 Å². The smallest absolute Gasteiger partial charge is 0.138 e. The van der Waals surface area contributed by atoms with Crippen molar-refractivity contribution in [3.63, 3.8) is 0 Å². The maximum Gasteiger partial charge on any atom is 0.138 e. The fourth-order valence-electron chi connectivity index (χ4n) is 2.60. The molecule has 0 radical (unpaired) electrons. The van der Waals surface area contributed by atoms with Crippen LogP contribution in [-0.2, 0) is 4.74 Å². The molecule has 1 aliphatic rings. The van der Waals surface area contributed by atoms with Crippen LogP contribution in [0.3, 0.4) is 0 Å². The number of hydrogen-bond acceptors (Lipinski definition) is 3. The van der Waals surface area contributed by atoms with Gasteiger partial charge >= 0.3 is 0 Å². The molecule has 1 aromatic rings. The largest absolute Gasteiger partial charge is 0.492 e. The Morgan fingerprint density at radius 3 is 2.70 bits per heavy atom. The highest BCUT2D eigenvalue weighted by Crippen LogP contribution is 2.55. The van der Waals surface area contributed by atoms with E-state index in [1.54, 1.807) is 7.11 Å². The average Bonchev–Trinajstić information content (AvgIpc) is 3.17. The lowest BCUT2D eigenvalue weighted by Crippen LogP contribution is -2.20. The number of nitrogens with two attached hydrogens (primary N) is 1. The van der Waals surface area contributed by atoms with E-state index < -0.39 is 0 Å². The highest BCUT2D eigenvalue weighted by molar-refractivity contribution is 6.32. The molecule has 3 nitrogen and oxygen atoms in total. The van der Waals surface area contributed by atoms with Gasteiger partial charge in [-0.05, 0) is 42.5 Å². The van der Waals surface area contributed by atoms with Crippen molar-refractivity contribution in [1.82, 2.24) is 0 Å². The van der Waals surface area contributed by atoms with E-state index in [9.17, 15) is 0 Å². The van der Waals surface area contributed by atoms with Crippen LogP contribution < -0.4 is 10.5 Å². The van der Waals surface area contributed by atoms with Gasteiger partial charge in [-0.1, -0.05) is 24.6 Å². The van der Waals surface area contributed by atoms with Gasteiger partial charge in [0.05, 0.1) is 11.6 Å². The average molecular weight is 298 g/mol. The molecule has 1 aliphatic carbocycles. The van der Waals surface area contributed by atoms with Crippen molar-refractivity contribution < 1.29 is 9.47 Å². The van der Waals surface area contributed by atoms with E-state index in [0.717, 1.165) is 12.2 Å². The first-order valence-corrected chi connectivity index (χ1v) is 7.60. The molecule has 0 aliphatic heterocycles. The summed E-state index contributed by atoms with van der Waals surface area (Å²) < 4.78 is 10.8. The second-order valence-corrected chi connectivity index (χ2v) is 6.23. The Balaban J connectivity index is 2.07. The van der Waals surface area contributed by atoms with E-state index in [4.69, 9.17) is 26.8 Å². The van der Waals surface area contributed by atoms with Crippen molar-refractivity contribution in [3.8, 4) is 5.75 Å². The minimum Gasteiger partial charge on any atom is -0.492 e. The van der Waals surface area contributed by atoms with Crippen LogP contribution >= 0.6 is 11.6 Å². The molecule has 2 N–H and O–H groups in total. The summed E-state index contributed by atoms with van der Waals surface area (Å²) in [6.07, 6.45) is 3.36. The summed E-state index contributed by atoms with van der Waals surface area (Å²) in [5.41, 5.74) is 7.56. The van der Waals surface area contributed by atoms with Crippen LogP contribution in [0.5, 0.6) is 5.75 Å². The molecular formula is C16H24ClNO2. The maximum absolute atomic E-state index is 6.20. The van der Waals surface area contributed by atoms with Gasteiger partial charge in [0.1, 0.15) is 5.75 Å². The van der Waals surface area contributed by atoms with Crippen molar-refractivity contribution in [1.29, 1.82) is 0 Å². The molecular weight excluding hydrogens is 274 g/mol. The van der Waals surface area contributed by atoms with Crippen LogP contribution in [0.4, 0.5) is 0 Å². The van der Waals surface area contributed by atoms with Crippen molar-refractivity contribution in [2.75, 3.05) is 26.9 Å². The standard InChI is InChI=1S/C16H24ClNO2/c1-16(6-7-16)13(11-18)12-4-5-14(17)15(10-12)20-9-3-8-19-2/h4-5,10,13H,3,6-9,11,18H2,1-2H3. The van der Waals surface area contributed by atoms with Crippen LogP contribution in [0.1, 0.15) is 37.7 Å². The first-order chi connectivity index (χ1) is 9.60. The van der Waals surface area contributed by atoms with Crippen LogP contribution in [-0.4, -0.2) is 26.9 Å². The zero-order chi connectivity index (χ0) is 14.6. The molecule has 1 saturated carbocycles. The summed E-state index contributed by atoms with van der Waals surface area (Å²) in [6.45, 7) is 4.28. The lowest BCUT2D eigenvalue weighted by molar-refractivity contribution is 0.172. The molecule has 1 unspecified atom stereocenters. The molecule has 2 rings (SSSR count). The number of rotatable bonds is 8. The topological polar surface area (TPSA) is 44.5 Å². The van der Waals surface area contributed by atoms with Crippen LogP contribution in [0.25, 0.3) is 0 Å². The van der Waals surface area contributed by atoms with Crippen molar-refractivity contribution >= 4 is 11.6 Å². The summed E-state index contributed by atoms with van der Waals surface area (Å²) in [7, 11) is 1.69. The van der Waals surface area contributed by atoms with Crippen LogP contribution in [0.2, 0.25) is 5.02 Å². The number of methoxy groups -OCH3 is 1. The quantitative estimate of drug-likeness (QED) is 0.746. The van der Waals surface area contributed by atoms with Gasteiger partial charge in [0.2, 0.25) is 0 Å². The molecule has 1 atom stereocenters. The molecule has 0 spiro atoms. The summed E-state index contributed by atoms with van der Waals surface area (Å²) in [5, 5.41) is 0.655. The predicted molar refractivity (Wildman–Crippen MR) is 82.6 cm³/mol. The molecule has 0 heterocycles. The Hall–Kier alpha value is -0.770. The Bertz CT molecular complexity index is 446. The third kappa shape index (κ3) is 3.66. The van der Waals surface area contributed by atoms with Crippen LogP contribution in [0, 0.1) is 5.41 Å². The van der Waals surface area contributed by atoms with Gasteiger partial charge < -0.3 is 15.2 Å². The third-order valence-corrected chi connectivity index (χ3v) is 4.54. The molecule has 0 bridgehead atoms. The van der Waals surface area contributed by atoms with Gasteiger partial charge in [-0.3, -0.25) is 0 Å². The molecule has 0 amide bonds. The van der Waals surface area contributed by atoms with Crippen molar-refractivity contribution in [2.45, 2.75) is 32.1 Å². The monoisotopic (exact) mass is 297 g/mol. The van der Waals surface area contributed by atoms with Gasteiger partial charge in [-0.15, -0.1) is 0 Å². The summed E-state index contributed by atoms with van der Waals surface area (Å²) in [4.78, 5) is 0. The maximum atomic E-state index is 6.20. The Kier molecular flexibility index (Phi) is 5.30. The highest BCUT2D eigenvalue weighted by Gasteiger charge is 2.44. The lowest BCUT2D eigenvalue weighted by atomic mass is 9.84. The van der Waals surface area contributed by atoms with Crippen molar-refractivity contribution in [3.05, 3.63) is 28.8 Å². The molecule has 1 fully saturated rings. The van der Waals surface area contributed by atoms with Gasteiger partial charge in [0.15, 0.2) is 0 Å². The molecule has 4 heteroatoms. The predicted octanol–water partition coefficient (Wildman–Crippen LogP) is 3.60. The zero-order valence-electron chi connectivity index (χ0n) is 12.3. The minimum atomic E-state index is 0.357. The molecule has 0 aromatic heterocycles. The molecule has 112 valence electrons. The summed E-state index contributed by atoms with van der Waals surface area (Å²) in [5.74, 6) is 1.14. The summed E-state index contributed by atoms with van der Waals surface area (Å²) in [6, 6.07) is 6.04. The lowest BCUT2D eigenvalue weighted by Gasteiger charge is -2.23.